The van der Waals surface area contributed by atoms with E-state index in [4.69, 9.17) is 6.42 Å². The van der Waals surface area contributed by atoms with E-state index in [9.17, 15) is 4.79 Å². The van der Waals surface area contributed by atoms with Crippen LogP contribution in [-0.4, -0.2) is 13.1 Å². The third-order valence-electron chi connectivity index (χ3n) is 2.16. The van der Waals surface area contributed by atoms with Gasteiger partial charge in [0.2, 0.25) is 0 Å². The van der Waals surface area contributed by atoms with E-state index in [0.29, 0.717) is 6.42 Å². The predicted molar refractivity (Wildman–Crippen MR) is 59.3 cm³/mol. The molecule has 0 bridgehead atoms. The summed E-state index contributed by atoms with van der Waals surface area (Å²) >= 11 is 0. The number of hydrogen-bond acceptors (Lipinski definition) is 2. The number of ether oxygens (including phenoxy) is 1. The third-order valence-corrected chi connectivity index (χ3v) is 2.16. The minimum Gasteiger partial charge on any atom is -0.469 e. The van der Waals surface area contributed by atoms with Gasteiger partial charge in [-0.15, -0.1) is 12.3 Å². The molecule has 0 saturated heterocycles. The van der Waals surface area contributed by atoms with Gasteiger partial charge in [0.25, 0.3) is 0 Å². The van der Waals surface area contributed by atoms with E-state index >= 15 is 0 Å². The molecule has 1 aromatic rings. The standard InChI is InChI=1S/C13H14O2/c1-3-4-5-11-6-8-12(9-7-11)10-13(14)15-2/h1,6-9H,4-5,10H2,2H3. The first-order chi connectivity index (χ1) is 7.26. The van der Waals surface area contributed by atoms with Gasteiger partial charge >= 0.3 is 5.97 Å². The van der Waals surface area contributed by atoms with Gasteiger partial charge in [0.15, 0.2) is 0 Å². The molecule has 0 N–H and O–H groups in total. The van der Waals surface area contributed by atoms with Crippen molar-refractivity contribution in [1.29, 1.82) is 0 Å². The van der Waals surface area contributed by atoms with E-state index in [0.717, 1.165) is 18.4 Å². The fraction of sp³-hybridized carbons (Fsp3) is 0.308. The van der Waals surface area contributed by atoms with Crippen molar-refractivity contribution in [1.82, 2.24) is 0 Å². The first-order valence-corrected chi connectivity index (χ1v) is 4.84. The Bertz CT molecular complexity index is 357. The molecule has 0 saturated carbocycles. The summed E-state index contributed by atoms with van der Waals surface area (Å²) in [5.41, 5.74) is 2.16. The number of aryl methyl sites for hydroxylation is 1. The minimum absolute atomic E-state index is 0.216. The van der Waals surface area contributed by atoms with Crippen molar-refractivity contribution in [2.75, 3.05) is 7.11 Å². The van der Waals surface area contributed by atoms with Crippen LogP contribution in [0.5, 0.6) is 0 Å². The van der Waals surface area contributed by atoms with Crippen molar-refractivity contribution in [2.45, 2.75) is 19.3 Å². The summed E-state index contributed by atoms with van der Waals surface area (Å²) in [4.78, 5) is 11.0. The average Bonchev–Trinajstić information content (AvgIpc) is 2.28. The molecule has 0 amide bonds. The molecular weight excluding hydrogens is 188 g/mol. The number of benzene rings is 1. The third kappa shape index (κ3) is 3.86. The van der Waals surface area contributed by atoms with Crippen LogP contribution in [-0.2, 0) is 22.4 Å². The normalized spacial score (nSPS) is 9.33. The maximum atomic E-state index is 11.0. The van der Waals surface area contributed by atoms with Gasteiger partial charge < -0.3 is 4.74 Å². The Kier molecular flexibility index (Phi) is 4.43. The number of carbonyl (C=O) groups is 1. The second-order valence-corrected chi connectivity index (χ2v) is 3.27. The van der Waals surface area contributed by atoms with Gasteiger partial charge in [-0.1, -0.05) is 24.3 Å². The van der Waals surface area contributed by atoms with Crippen LogP contribution < -0.4 is 0 Å². The lowest BCUT2D eigenvalue weighted by molar-refractivity contribution is -0.139. The average molecular weight is 202 g/mol. The minimum atomic E-state index is -0.216. The van der Waals surface area contributed by atoms with Crippen molar-refractivity contribution in [3.63, 3.8) is 0 Å². The number of carbonyl (C=O) groups excluding carboxylic acids is 1. The predicted octanol–water partition coefficient (Wildman–Crippen LogP) is 1.97. The first-order valence-electron chi connectivity index (χ1n) is 4.84. The van der Waals surface area contributed by atoms with E-state index in [1.54, 1.807) is 0 Å². The van der Waals surface area contributed by atoms with Gasteiger partial charge in [-0.2, -0.15) is 0 Å². The second kappa shape index (κ2) is 5.87. The molecule has 0 fully saturated rings. The van der Waals surface area contributed by atoms with Crippen molar-refractivity contribution < 1.29 is 9.53 Å². The fourth-order valence-electron chi connectivity index (χ4n) is 1.28. The molecule has 15 heavy (non-hydrogen) atoms. The van der Waals surface area contributed by atoms with Gasteiger partial charge in [0, 0.05) is 6.42 Å². The molecule has 0 unspecified atom stereocenters. The van der Waals surface area contributed by atoms with Crippen LogP contribution in [0.15, 0.2) is 24.3 Å². The summed E-state index contributed by atoms with van der Waals surface area (Å²) < 4.78 is 4.58. The van der Waals surface area contributed by atoms with Crippen LogP contribution in [0.2, 0.25) is 0 Å². The van der Waals surface area contributed by atoms with Crippen LogP contribution >= 0.6 is 0 Å². The zero-order valence-corrected chi connectivity index (χ0v) is 8.82. The summed E-state index contributed by atoms with van der Waals surface area (Å²) in [6, 6.07) is 7.86. The summed E-state index contributed by atoms with van der Waals surface area (Å²) in [5, 5.41) is 0. The lowest BCUT2D eigenvalue weighted by atomic mass is 10.1. The first kappa shape index (κ1) is 11.3. The lowest BCUT2D eigenvalue weighted by Crippen LogP contribution is -2.04. The second-order valence-electron chi connectivity index (χ2n) is 3.27. The topological polar surface area (TPSA) is 26.3 Å². The van der Waals surface area contributed by atoms with Crippen molar-refractivity contribution >= 4 is 5.97 Å². The molecule has 1 aromatic carbocycles. The zero-order valence-electron chi connectivity index (χ0n) is 8.82. The number of methoxy groups -OCH3 is 1. The van der Waals surface area contributed by atoms with Gasteiger partial charge in [-0.25, -0.2) is 0 Å². The molecule has 0 aliphatic carbocycles. The molecule has 78 valence electrons. The molecule has 0 atom stereocenters. The molecular formula is C13H14O2. The van der Waals surface area contributed by atoms with Crippen LogP contribution in [0.4, 0.5) is 0 Å². The van der Waals surface area contributed by atoms with Gasteiger partial charge in [0.05, 0.1) is 13.5 Å². The SMILES string of the molecule is C#CCCc1ccc(CC(=O)OC)cc1. The fourth-order valence-corrected chi connectivity index (χ4v) is 1.28. The summed E-state index contributed by atoms with van der Waals surface area (Å²) in [6.07, 6.45) is 7.13. The lowest BCUT2D eigenvalue weighted by Gasteiger charge is -2.01. The molecule has 0 aromatic heterocycles. The van der Waals surface area contributed by atoms with Crippen LogP contribution in [0.3, 0.4) is 0 Å². The number of rotatable bonds is 4. The summed E-state index contributed by atoms with van der Waals surface area (Å²) in [7, 11) is 1.39. The van der Waals surface area contributed by atoms with Crippen molar-refractivity contribution in [3.05, 3.63) is 35.4 Å². The number of hydrogen-bond donors (Lipinski definition) is 0. The Labute approximate surface area is 90.3 Å². The van der Waals surface area contributed by atoms with Crippen molar-refractivity contribution in [3.8, 4) is 12.3 Å². The molecule has 0 aliphatic heterocycles. The van der Waals surface area contributed by atoms with E-state index < -0.39 is 0 Å². The maximum absolute atomic E-state index is 11.0. The molecule has 0 radical (unpaired) electrons. The van der Waals surface area contributed by atoms with Gasteiger partial charge in [-0.05, 0) is 17.5 Å². The largest absolute Gasteiger partial charge is 0.469 e. The highest BCUT2D eigenvalue weighted by Crippen LogP contribution is 2.07. The molecule has 0 heterocycles. The monoisotopic (exact) mass is 202 g/mol. The summed E-state index contributed by atoms with van der Waals surface area (Å²) in [5.74, 6) is 2.38. The molecule has 1 rings (SSSR count). The molecule has 0 spiro atoms. The highest BCUT2D eigenvalue weighted by atomic mass is 16.5. The van der Waals surface area contributed by atoms with Gasteiger partial charge in [0.1, 0.15) is 0 Å². The smallest absolute Gasteiger partial charge is 0.309 e. The van der Waals surface area contributed by atoms with E-state index in [-0.39, 0.29) is 5.97 Å². The molecule has 2 nitrogen and oxygen atoms in total. The van der Waals surface area contributed by atoms with Crippen LogP contribution in [0.25, 0.3) is 0 Å². The number of esters is 1. The Morgan fingerprint density at radius 3 is 2.47 bits per heavy atom. The number of terminal acetylenes is 1. The Balaban J connectivity index is 2.57. The summed E-state index contributed by atoms with van der Waals surface area (Å²) in [6.45, 7) is 0. The molecule has 2 heteroatoms. The maximum Gasteiger partial charge on any atom is 0.309 e. The quantitative estimate of drug-likeness (QED) is 0.551. The Hall–Kier alpha value is -1.75. The molecule has 0 aliphatic rings. The Morgan fingerprint density at radius 2 is 1.93 bits per heavy atom. The van der Waals surface area contributed by atoms with Crippen LogP contribution in [0, 0.1) is 12.3 Å². The van der Waals surface area contributed by atoms with Gasteiger partial charge in [-0.3, -0.25) is 4.79 Å². The van der Waals surface area contributed by atoms with E-state index in [1.807, 2.05) is 24.3 Å². The van der Waals surface area contributed by atoms with Crippen molar-refractivity contribution in [2.24, 2.45) is 0 Å². The van der Waals surface area contributed by atoms with E-state index in [1.165, 1.54) is 12.7 Å². The zero-order chi connectivity index (χ0) is 11.1. The van der Waals surface area contributed by atoms with E-state index in [2.05, 4.69) is 10.7 Å². The van der Waals surface area contributed by atoms with Crippen LogP contribution in [0.1, 0.15) is 17.5 Å². The Morgan fingerprint density at radius 1 is 1.33 bits per heavy atom. The highest BCUT2D eigenvalue weighted by Gasteiger charge is 2.01. The highest BCUT2D eigenvalue weighted by molar-refractivity contribution is 5.72.